The van der Waals surface area contributed by atoms with E-state index in [1.807, 2.05) is 0 Å². The van der Waals surface area contributed by atoms with Gasteiger partial charge in [0.2, 0.25) is 5.69 Å². The second-order valence-corrected chi connectivity index (χ2v) is 9.42. The monoisotopic (exact) mass is 354 g/mol. The number of aromatic nitrogens is 1. The molecular weight excluding hydrogens is 326 g/mol. The van der Waals surface area contributed by atoms with Gasteiger partial charge in [-0.1, -0.05) is 52.0 Å². The number of pyridine rings is 1. The maximum Gasteiger partial charge on any atom is 0.216 e. The Morgan fingerprint density at radius 1 is 0.852 bits per heavy atom. The minimum absolute atomic E-state index is 0.0566. The van der Waals surface area contributed by atoms with E-state index in [0.29, 0.717) is 0 Å². The van der Waals surface area contributed by atoms with Gasteiger partial charge in [-0.05, 0) is 64.3 Å². The maximum atomic E-state index is 2.52. The van der Waals surface area contributed by atoms with Crippen LogP contribution in [0.5, 0.6) is 0 Å². The van der Waals surface area contributed by atoms with Gasteiger partial charge in [0.05, 0.1) is 5.56 Å². The van der Waals surface area contributed by atoms with Crippen molar-refractivity contribution in [2.75, 3.05) is 0 Å². The van der Waals surface area contributed by atoms with Gasteiger partial charge in [0.15, 0.2) is 6.20 Å². The molecule has 0 unspecified atom stereocenters. The van der Waals surface area contributed by atoms with Crippen LogP contribution < -0.4 is 4.57 Å². The van der Waals surface area contributed by atoms with Gasteiger partial charge in [-0.3, -0.25) is 0 Å². The summed E-state index contributed by atoms with van der Waals surface area (Å²) in [6, 6.07) is 16.0. The minimum Gasteiger partial charge on any atom is -0.201 e. The molecule has 2 aromatic carbocycles. The second kappa shape index (κ2) is 5.10. The third-order valence-corrected chi connectivity index (χ3v) is 7.71. The summed E-state index contributed by atoms with van der Waals surface area (Å²) >= 11 is 0. The Labute approximate surface area is 162 Å². The van der Waals surface area contributed by atoms with Crippen molar-refractivity contribution in [3.05, 3.63) is 76.5 Å². The van der Waals surface area contributed by atoms with Gasteiger partial charge in [0, 0.05) is 17.0 Å². The molecule has 0 fully saturated rings. The number of aryl methyl sites for hydroxylation is 1. The number of rotatable bonds is 0. The van der Waals surface area contributed by atoms with E-state index >= 15 is 0 Å². The van der Waals surface area contributed by atoms with Crippen molar-refractivity contribution in [1.29, 1.82) is 0 Å². The van der Waals surface area contributed by atoms with E-state index in [4.69, 9.17) is 0 Å². The molecule has 3 aromatic rings. The lowest BCUT2D eigenvalue weighted by molar-refractivity contribution is -0.661. The van der Waals surface area contributed by atoms with Gasteiger partial charge < -0.3 is 0 Å². The van der Waals surface area contributed by atoms with Crippen LogP contribution in [-0.4, -0.2) is 0 Å². The Morgan fingerprint density at radius 2 is 1.56 bits per heavy atom. The molecule has 0 spiro atoms. The normalized spacial score (nSPS) is 17.7. The Morgan fingerprint density at radius 3 is 2.33 bits per heavy atom. The standard InChI is InChI=1S/C26H28N/c1-16-19-14-17-10-7-8-11-18(17)20(19)15-22-23(16)24-21(12-9-13-27(24)6)25(2,3)26(22,4)5/h7-13,15H,14H2,1-6H3/q+1. The molecule has 0 amide bonds. The van der Waals surface area contributed by atoms with Crippen LogP contribution in [0.25, 0.3) is 22.4 Å². The van der Waals surface area contributed by atoms with Crippen LogP contribution >= 0.6 is 0 Å². The minimum atomic E-state index is 0.0566. The van der Waals surface area contributed by atoms with Crippen LogP contribution in [-0.2, 0) is 24.3 Å². The fourth-order valence-electron chi connectivity index (χ4n) is 5.35. The molecule has 136 valence electrons. The van der Waals surface area contributed by atoms with Crippen molar-refractivity contribution < 1.29 is 4.57 Å². The first-order valence-corrected chi connectivity index (χ1v) is 10.00. The molecule has 2 aliphatic rings. The molecule has 0 N–H and O–H groups in total. The van der Waals surface area contributed by atoms with Gasteiger partial charge >= 0.3 is 0 Å². The molecule has 1 nitrogen and oxygen atoms in total. The summed E-state index contributed by atoms with van der Waals surface area (Å²) in [5.41, 5.74) is 13.3. The predicted octanol–water partition coefficient (Wildman–Crippen LogP) is 5.63. The lowest BCUT2D eigenvalue weighted by Crippen LogP contribution is -2.48. The summed E-state index contributed by atoms with van der Waals surface area (Å²) in [5, 5.41) is 0. The van der Waals surface area contributed by atoms with Crippen molar-refractivity contribution >= 4 is 0 Å². The first-order chi connectivity index (χ1) is 12.7. The molecule has 0 atom stereocenters. The summed E-state index contributed by atoms with van der Waals surface area (Å²) < 4.78 is 2.33. The van der Waals surface area contributed by atoms with Gasteiger partial charge in [-0.15, -0.1) is 0 Å². The molecule has 0 bridgehead atoms. The Hall–Kier alpha value is -2.41. The molecule has 27 heavy (non-hydrogen) atoms. The van der Waals surface area contributed by atoms with Crippen molar-refractivity contribution in [3.63, 3.8) is 0 Å². The summed E-state index contributed by atoms with van der Waals surface area (Å²) in [4.78, 5) is 0. The molecule has 5 rings (SSSR count). The summed E-state index contributed by atoms with van der Waals surface area (Å²) in [5.74, 6) is 0. The van der Waals surface area contributed by atoms with Gasteiger partial charge in [-0.2, -0.15) is 0 Å². The van der Waals surface area contributed by atoms with E-state index in [1.54, 1.807) is 0 Å². The van der Waals surface area contributed by atoms with Crippen molar-refractivity contribution in [3.8, 4) is 22.4 Å². The first kappa shape index (κ1) is 16.7. The number of fused-ring (bicyclic) bond motifs is 6. The van der Waals surface area contributed by atoms with Gasteiger partial charge in [-0.25, -0.2) is 4.57 Å². The third-order valence-electron chi connectivity index (χ3n) is 7.71. The molecule has 0 aliphatic heterocycles. The summed E-state index contributed by atoms with van der Waals surface area (Å²) in [7, 11) is 2.19. The van der Waals surface area contributed by atoms with E-state index in [2.05, 4.69) is 94.9 Å². The SMILES string of the molecule is Cc1c2c(cc3c1-c1c(ccc[n+]1C)C(C)(C)C3(C)C)-c1ccccc1C2. The molecule has 0 radical (unpaired) electrons. The zero-order valence-electron chi connectivity index (χ0n) is 17.3. The van der Waals surface area contributed by atoms with Crippen LogP contribution in [0.1, 0.15) is 55.5 Å². The molecule has 0 saturated heterocycles. The van der Waals surface area contributed by atoms with Gasteiger partial charge in [0.25, 0.3) is 0 Å². The smallest absolute Gasteiger partial charge is 0.201 e. The molecule has 1 heterocycles. The molecule has 2 aliphatic carbocycles. The average Bonchev–Trinajstić information content (AvgIpc) is 3.00. The van der Waals surface area contributed by atoms with Crippen molar-refractivity contribution in [2.24, 2.45) is 7.05 Å². The largest absolute Gasteiger partial charge is 0.216 e. The average molecular weight is 355 g/mol. The van der Waals surface area contributed by atoms with E-state index in [9.17, 15) is 0 Å². The molecule has 1 heteroatoms. The topological polar surface area (TPSA) is 3.88 Å². The fourth-order valence-corrected chi connectivity index (χ4v) is 5.35. The van der Waals surface area contributed by atoms with E-state index in [1.165, 1.54) is 50.2 Å². The van der Waals surface area contributed by atoms with Crippen LogP contribution in [0.15, 0.2) is 48.7 Å². The summed E-state index contributed by atoms with van der Waals surface area (Å²) in [6.45, 7) is 12.0. The van der Waals surface area contributed by atoms with Crippen LogP contribution in [0.2, 0.25) is 0 Å². The Kier molecular flexibility index (Phi) is 3.16. The molecule has 1 aromatic heterocycles. The number of hydrogen-bond donors (Lipinski definition) is 0. The van der Waals surface area contributed by atoms with Crippen molar-refractivity contribution in [1.82, 2.24) is 0 Å². The highest BCUT2D eigenvalue weighted by molar-refractivity contribution is 5.86. The summed E-state index contributed by atoms with van der Waals surface area (Å²) in [6.07, 6.45) is 3.25. The van der Waals surface area contributed by atoms with E-state index in [0.717, 1.165) is 6.42 Å². The first-order valence-electron chi connectivity index (χ1n) is 10.00. The molecular formula is C26H28N+. The van der Waals surface area contributed by atoms with Crippen molar-refractivity contribution in [2.45, 2.75) is 51.9 Å². The molecule has 0 saturated carbocycles. The van der Waals surface area contributed by atoms with Gasteiger partial charge in [0.1, 0.15) is 7.05 Å². The van der Waals surface area contributed by atoms with Crippen LogP contribution in [0, 0.1) is 6.92 Å². The number of hydrogen-bond acceptors (Lipinski definition) is 0. The second-order valence-electron chi connectivity index (χ2n) is 9.42. The Balaban J connectivity index is 1.93. The predicted molar refractivity (Wildman–Crippen MR) is 112 cm³/mol. The third kappa shape index (κ3) is 1.92. The number of benzene rings is 2. The van der Waals surface area contributed by atoms with Crippen LogP contribution in [0.4, 0.5) is 0 Å². The highest BCUT2D eigenvalue weighted by atomic mass is 14.9. The lowest BCUT2D eigenvalue weighted by atomic mass is 9.55. The zero-order chi connectivity index (χ0) is 19.1. The maximum absolute atomic E-state index is 2.52. The van der Waals surface area contributed by atoms with E-state index in [-0.39, 0.29) is 10.8 Å². The lowest BCUT2D eigenvalue weighted by Gasteiger charge is -2.47. The highest BCUT2D eigenvalue weighted by Gasteiger charge is 2.50. The zero-order valence-corrected chi connectivity index (χ0v) is 17.3. The highest BCUT2D eigenvalue weighted by Crippen LogP contribution is 2.56. The van der Waals surface area contributed by atoms with Crippen LogP contribution in [0.3, 0.4) is 0 Å². The Bertz CT molecular complexity index is 1120. The number of nitrogens with zero attached hydrogens (tertiary/aromatic N) is 1. The van der Waals surface area contributed by atoms with E-state index < -0.39 is 0 Å². The quantitative estimate of drug-likeness (QED) is 0.361. The fraction of sp³-hybridized carbons (Fsp3) is 0.346.